The summed E-state index contributed by atoms with van der Waals surface area (Å²) in [6, 6.07) is 0. The average molecular weight is 226 g/mol. The highest BCUT2D eigenvalue weighted by Crippen LogP contribution is 2.11. The maximum Gasteiger partial charge on any atom is 0.229 e. The Morgan fingerprint density at radius 3 is 2.50 bits per heavy atom. The number of amides is 3. The van der Waals surface area contributed by atoms with Gasteiger partial charge in [-0.1, -0.05) is 6.92 Å². The van der Waals surface area contributed by atoms with E-state index in [1.54, 1.807) is 0 Å². The van der Waals surface area contributed by atoms with Gasteiger partial charge in [-0.15, -0.1) is 0 Å². The van der Waals surface area contributed by atoms with Gasteiger partial charge in [-0.2, -0.15) is 0 Å². The summed E-state index contributed by atoms with van der Waals surface area (Å²) in [5.74, 6) is -0.156. The second-order valence-electron chi connectivity index (χ2n) is 3.89. The number of hydrogen-bond donors (Lipinski definition) is 1. The molecule has 1 aliphatic heterocycles. The minimum absolute atomic E-state index is 0.0292. The molecule has 5 nitrogen and oxygen atoms in total. The van der Waals surface area contributed by atoms with Crippen LogP contribution in [0.25, 0.3) is 0 Å². The molecule has 1 heterocycles. The van der Waals surface area contributed by atoms with Crippen molar-refractivity contribution in [1.29, 1.82) is 0 Å². The standard InChI is InChI=1S/C11H18N2O3/c1-2-4-9(14)12-7-3-8-13-10(15)5-6-11(13)16/h2-8H2,1H3,(H,12,14). The quantitative estimate of drug-likeness (QED) is 0.528. The molecule has 5 heteroatoms. The zero-order valence-electron chi connectivity index (χ0n) is 9.62. The van der Waals surface area contributed by atoms with Gasteiger partial charge >= 0.3 is 0 Å². The zero-order chi connectivity index (χ0) is 12.0. The molecule has 0 aliphatic carbocycles. The normalized spacial score (nSPS) is 15.7. The van der Waals surface area contributed by atoms with E-state index in [4.69, 9.17) is 0 Å². The molecule has 0 aromatic heterocycles. The molecule has 1 aliphatic rings. The van der Waals surface area contributed by atoms with E-state index < -0.39 is 0 Å². The maximum atomic E-state index is 11.2. The van der Waals surface area contributed by atoms with Crippen molar-refractivity contribution in [2.24, 2.45) is 0 Å². The molecule has 0 spiro atoms. The Labute approximate surface area is 95.2 Å². The van der Waals surface area contributed by atoms with Crippen LogP contribution in [0, 0.1) is 0 Å². The summed E-state index contributed by atoms with van der Waals surface area (Å²) >= 11 is 0. The highest BCUT2D eigenvalue weighted by Gasteiger charge is 2.27. The molecule has 0 radical (unpaired) electrons. The van der Waals surface area contributed by atoms with Crippen LogP contribution < -0.4 is 5.32 Å². The fourth-order valence-corrected chi connectivity index (χ4v) is 1.65. The van der Waals surface area contributed by atoms with Gasteiger partial charge in [-0.3, -0.25) is 19.3 Å². The van der Waals surface area contributed by atoms with E-state index in [2.05, 4.69) is 5.32 Å². The van der Waals surface area contributed by atoms with Crippen molar-refractivity contribution in [3.63, 3.8) is 0 Å². The minimum Gasteiger partial charge on any atom is -0.356 e. The lowest BCUT2D eigenvalue weighted by Crippen LogP contribution is -2.33. The Morgan fingerprint density at radius 2 is 1.94 bits per heavy atom. The molecule has 1 N–H and O–H groups in total. The van der Waals surface area contributed by atoms with Crippen LogP contribution in [0.1, 0.15) is 39.0 Å². The smallest absolute Gasteiger partial charge is 0.229 e. The number of carbonyl (C=O) groups is 3. The fraction of sp³-hybridized carbons (Fsp3) is 0.727. The summed E-state index contributed by atoms with van der Waals surface area (Å²) < 4.78 is 0. The van der Waals surface area contributed by atoms with Crippen molar-refractivity contribution in [3.8, 4) is 0 Å². The molecule has 1 saturated heterocycles. The lowest BCUT2D eigenvalue weighted by molar-refractivity contribution is -0.138. The number of imide groups is 1. The monoisotopic (exact) mass is 226 g/mol. The molecule has 0 bridgehead atoms. The van der Waals surface area contributed by atoms with Crippen molar-refractivity contribution >= 4 is 17.7 Å². The predicted octanol–water partition coefficient (Wildman–Crippen LogP) is 0.442. The first kappa shape index (κ1) is 12.7. The molecule has 0 saturated carbocycles. The first-order valence-electron chi connectivity index (χ1n) is 5.75. The number of hydrogen-bond acceptors (Lipinski definition) is 3. The van der Waals surface area contributed by atoms with E-state index in [0.29, 0.717) is 38.8 Å². The number of nitrogens with one attached hydrogen (secondary N) is 1. The fourth-order valence-electron chi connectivity index (χ4n) is 1.65. The van der Waals surface area contributed by atoms with E-state index in [1.807, 2.05) is 6.92 Å². The van der Waals surface area contributed by atoms with Crippen LogP contribution >= 0.6 is 0 Å². The third kappa shape index (κ3) is 3.64. The van der Waals surface area contributed by atoms with Crippen molar-refractivity contribution in [1.82, 2.24) is 10.2 Å². The van der Waals surface area contributed by atoms with Crippen LogP contribution in [0.15, 0.2) is 0 Å². The van der Waals surface area contributed by atoms with Crippen LogP contribution in [0.4, 0.5) is 0 Å². The summed E-state index contributed by atoms with van der Waals surface area (Å²) in [4.78, 5) is 34.9. The first-order valence-corrected chi connectivity index (χ1v) is 5.75. The zero-order valence-corrected chi connectivity index (χ0v) is 9.62. The van der Waals surface area contributed by atoms with E-state index in [0.717, 1.165) is 6.42 Å². The second-order valence-corrected chi connectivity index (χ2v) is 3.89. The molecule has 3 amide bonds. The summed E-state index contributed by atoms with van der Waals surface area (Å²) in [5.41, 5.74) is 0. The van der Waals surface area contributed by atoms with Gasteiger partial charge in [-0.05, 0) is 12.8 Å². The highest BCUT2D eigenvalue weighted by atomic mass is 16.2. The summed E-state index contributed by atoms with van der Waals surface area (Å²) in [6.45, 7) is 2.89. The molecule has 1 fully saturated rings. The van der Waals surface area contributed by atoms with Crippen molar-refractivity contribution < 1.29 is 14.4 Å². The third-order valence-electron chi connectivity index (χ3n) is 2.51. The largest absolute Gasteiger partial charge is 0.356 e. The third-order valence-corrected chi connectivity index (χ3v) is 2.51. The van der Waals surface area contributed by atoms with Gasteiger partial charge in [0.2, 0.25) is 17.7 Å². The Morgan fingerprint density at radius 1 is 1.31 bits per heavy atom. The Balaban J connectivity index is 2.13. The molecule has 90 valence electrons. The molecular weight excluding hydrogens is 208 g/mol. The molecular formula is C11H18N2O3. The Kier molecular flexibility index (Phi) is 4.95. The first-order chi connectivity index (χ1) is 7.65. The summed E-state index contributed by atoms with van der Waals surface area (Å²) in [5, 5.41) is 2.75. The van der Waals surface area contributed by atoms with Crippen molar-refractivity contribution in [3.05, 3.63) is 0 Å². The molecule has 0 atom stereocenters. The van der Waals surface area contributed by atoms with Crippen LogP contribution in [0.2, 0.25) is 0 Å². The molecule has 1 rings (SSSR count). The SMILES string of the molecule is CCCC(=O)NCCCN1C(=O)CCC1=O. The Bertz CT molecular complexity index is 273. The van der Waals surface area contributed by atoms with E-state index in [9.17, 15) is 14.4 Å². The van der Waals surface area contributed by atoms with Crippen molar-refractivity contribution in [2.45, 2.75) is 39.0 Å². The summed E-state index contributed by atoms with van der Waals surface area (Å²) in [7, 11) is 0. The second kappa shape index (κ2) is 6.25. The Hall–Kier alpha value is -1.39. The number of nitrogens with zero attached hydrogens (tertiary/aromatic N) is 1. The van der Waals surface area contributed by atoms with E-state index in [1.165, 1.54) is 4.90 Å². The van der Waals surface area contributed by atoms with Gasteiger partial charge in [0.1, 0.15) is 0 Å². The molecule has 0 aromatic rings. The van der Waals surface area contributed by atoms with E-state index >= 15 is 0 Å². The maximum absolute atomic E-state index is 11.2. The van der Waals surface area contributed by atoms with Gasteiger partial charge in [0, 0.05) is 32.4 Å². The van der Waals surface area contributed by atoms with Crippen LogP contribution in [0.5, 0.6) is 0 Å². The average Bonchev–Trinajstić information content (AvgIpc) is 2.55. The van der Waals surface area contributed by atoms with Gasteiger partial charge in [0.25, 0.3) is 0 Å². The number of likely N-dealkylation sites (tertiary alicyclic amines) is 1. The molecule has 0 aromatic carbocycles. The highest BCUT2D eigenvalue weighted by molar-refractivity contribution is 6.01. The van der Waals surface area contributed by atoms with Gasteiger partial charge in [-0.25, -0.2) is 0 Å². The number of carbonyl (C=O) groups excluding carboxylic acids is 3. The lowest BCUT2D eigenvalue weighted by atomic mass is 10.3. The van der Waals surface area contributed by atoms with Gasteiger partial charge in [0.15, 0.2) is 0 Å². The molecule has 0 unspecified atom stereocenters. The number of rotatable bonds is 6. The van der Waals surface area contributed by atoms with Crippen LogP contribution in [-0.4, -0.2) is 35.7 Å². The predicted molar refractivity (Wildman–Crippen MR) is 58.5 cm³/mol. The van der Waals surface area contributed by atoms with Gasteiger partial charge in [0.05, 0.1) is 0 Å². The summed E-state index contributed by atoms with van der Waals surface area (Å²) in [6.07, 6.45) is 2.66. The van der Waals surface area contributed by atoms with Gasteiger partial charge < -0.3 is 5.32 Å². The van der Waals surface area contributed by atoms with Crippen LogP contribution in [-0.2, 0) is 14.4 Å². The van der Waals surface area contributed by atoms with Crippen LogP contribution in [0.3, 0.4) is 0 Å². The topological polar surface area (TPSA) is 66.5 Å². The minimum atomic E-state index is -0.0927. The molecule has 16 heavy (non-hydrogen) atoms. The lowest BCUT2D eigenvalue weighted by Gasteiger charge is -2.13. The van der Waals surface area contributed by atoms with Crippen molar-refractivity contribution in [2.75, 3.05) is 13.1 Å². The van der Waals surface area contributed by atoms with E-state index in [-0.39, 0.29) is 17.7 Å².